The zero-order chi connectivity index (χ0) is 15.3. The summed E-state index contributed by atoms with van der Waals surface area (Å²) in [6, 6.07) is 8.07. The van der Waals surface area contributed by atoms with E-state index in [4.69, 9.17) is 10.5 Å². The number of nitrogens with two attached hydrogens (primary N) is 1. The first-order chi connectivity index (χ1) is 9.20. The molecule has 0 heterocycles. The third kappa shape index (κ3) is 4.99. The number of nitrogens with zero attached hydrogens (tertiary/aromatic N) is 1. The summed E-state index contributed by atoms with van der Waals surface area (Å²) >= 11 is 0. The largest absolute Gasteiger partial charge is 0.442 e. The first kappa shape index (κ1) is 16.1. The Morgan fingerprint density at radius 3 is 2.35 bits per heavy atom. The molecular weight excluding hydrogens is 260 g/mol. The van der Waals surface area contributed by atoms with Crippen LogP contribution in [0.25, 0.3) is 0 Å². The monoisotopic (exact) mass is 280 g/mol. The normalized spacial score (nSPS) is 12.7. The van der Waals surface area contributed by atoms with Gasteiger partial charge in [-0.15, -0.1) is 5.06 Å². The van der Waals surface area contributed by atoms with Crippen LogP contribution < -0.4 is 5.73 Å². The first-order valence-corrected chi connectivity index (χ1v) is 6.26. The summed E-state index contributed by atoms with van der Waals surface area (Å²) in [5.74, 6) is -0.900. The molecule has 0 radical (unpaired) electrons. The van der Waals surface area contributed by atoms with Crippen LogP contribution in [-0.4, -0.2) is 33.9 Å². The van der Waals surface area contributed by atoms with Gasteiger partial charge in [-0.1, -0.05) is 30.3 Å². The number of amides is 2. The van der Waals surface area contributed by atoms with Gasteiger partial charge in [0.1, 0.15) is 5.60 Å². The minimum absolute atomic E-state index is 0.0706. The molecule has 3 N–H and O–H groups in total. The SMILES string of the molecule is CC(C)(C)OC(=O)N(O)C(=O)[C@@H](N)Cc1ccccc1. The predicted octanol–water partition coefficient (Wildman–Crippen LogP) is 1.71. The molecule has 6 nitrogen and oxygen atoms in total. The van der Waals surface area contributed by atoms with E-state index in [0.717, 1.165) is 5.56 Å². The summed E-state index contributed by atoms with van der Waals surface area (Å²) in [7, 11) is 0. The van der Waals surface area contributed by atoms with Gasteiger partial charge in [0.25, 0.3) is 5.91 Å². The number of hydrogen-bond acceptors (Lipinski definition) is 5. The summed E-state index contributed by atoms with van der Waals surface area (Å²) in [6.07, 6.45) is -0.912. The van der Waals surface area contributed by atoms with Gasteiger partial charge in [0.15, 0.2) is 0 Å². The Morgan fingerprint density at radius 2 is 1.85 bits per heavy atom. The molecule has 0 spiro atoms. The Bertz CT molecular complexity index is 468. The highest BCUT2D eigenvalue weighted by atomic mass is 16.6. The molecule has 0 bridgehead atoms. The van der Waals surface area contributed by atoms with Gasteiger partial charge < -0.3 is 10.5 Å². The fourth-order valence-electron chi connectivity index (χ4n) is 1.51. The molecule has 20 heavy (non-hydrogen) atoms. The molecule has 0 saturated heterocycles. The number of ether oxygens (including phenoxy) is 1. The lowest BCUT2D eigenvalue weighted by Gasteiger charge is -2.23. The van der Waals surface area contributed by atoms with Gasteiger partial charge in [0.05, 0.1) is 6.04 Å². The molecule has 6 heteroatoms. The quantitative estimate of drug-likeness (QED) is 0.649. The van der Waals surface area contributed by atoms with Crippen molar-refractivity contribution in [2.24, 2.45) is 5.73 Å². The molecule has 0 fully saturated rings. The van der Waals surface area contributed by atoms with Gasteiger partial charge in [-0.2, -0.15) is 0 Å². The van der Waals surface area contributed by atoms with Crippen LogP contribution in [-0.2, 0) is 16.0 Å². The Balaban J connectivity index is 2.62. The van der Waals surface area contributed by atoms with E-state index in [1.54, 1.807) is 20.8 Å². The van der Waals surface area contributed by atoms with Gasteiger partial charge in [-0.3, -0.25) is 10.0 Å². The van der Waals surface area contributed by atoms with Crippen LogP contribution in [0.3, 0.4) is 0 Å². The van der Waals surface area contributed by atoms with Crippen molar-refractivity contribution in [1.82, 2.24) is 5.06 Å². The maximum absolute atomic E-state index is 11.8. The zero-order valence-corrected chi connectivity index (χ0v) is 11.9. The summed E-state index contributed by atoms with van der Waals surface area (Å²) in [4.78, 5) is 23.4. The molecule has 110 valence electrons. The van der Waals surface area contributed by atoms with E-state index in [9.17, 15) is 14.8 Å². The molecular formula is C14H20N2O4. The Morgan fingerprint density at radius 1 is 1.30 bits per heavy atom. The second kappa shape index (κ2) is 6.49. The van der Waals surface area contributed by atoms with Crippen molar-refractivity contribution in [2.45, 2.75) is 38.8 Å². The molecule has 0 aliphatic heterocycles. The summed E-state index contributed by atoms with van der Waals surface area (Å²) in [5, 5.41) is 9.46. The van der Waals surface area contributed by atoms with Crippen LogP contribution in [0.4, 0.5) is 4.79 Å². The fraction of sp³-hybridized carbons (Fsp3) is 0.429. The van der Waals surface area contributed by atoms with E-state index in [2.05, 4.69) is 0 Å². The summed E-state index contributed by atoms with van der Waals surface area (Å²) < 4.78 is 4.88. The molecule has 0 unspecified atom stereocenters. The highest BCUT2D eigenvalue weighted by Gasteiger charge is 2.29. The molecule has 1 aromatic rings. The Hall–Kier alpha value is -1.92. The molecule has 0 aliphatic rings. The fourth-order valence-corrected chi connectivity index (χ4v) is 1.51. The second-order valence-corrected chi connectivity index (χ2v) is 5.43. The van der Waals surface area contributed by atoms with Crippen LogP contribution in [0.15, 0.2) is 30.3 Å². The summed E-state index contributed by atoms with van der Waals surface area (Å²) in [5.41, 5.74) is 5.73. The van der Waals surface area contributed by atoms with Crippen molar-refractivity contribution in [3.05, 3.63) is 35.9 Å². The van der Waals surface area contributed by atoms with Crippen molar-refractivity contribution >= 4 is 12.0 Å². The average molecular weight is 280 g/mol. The van der Waals surface area contributed by atoms with Crippen molar-refractivity contribution in [2.75, 3.05) is 0 Å². The number of imide groups is 1. The molecule has 2 amide bonds. The van der Waals surface area contributed by atoms with E-state index in [1.807, 2.05) is 30.3 Å². The third-order valence-corrected chi connectivity index (χ3v) is 2.39. The molecule has 0 aliphatic carbocycles. The number of hydroxylamine groups is 2. The van der Waals surface area contributed by atoms with Gasteiger partial charge in [0.2, 0.25) is 0 Å². The molecule has 1 aromatic carbocycles. The Labute approximate surface area is 118 Å². The zero-order valence-electron chi connectivity index (χ0n) is 11.9. The van der Waals surface area contributed by atoms with Gasteiger partial charge >= 0.3 is 6.09 Å². The molecule has 0 aromatic heterocycles. The Kier molecular flexibility index (Phi) is 5.24. The smallest absolute Gasteiger partial charge is 0.441 e. The number of carbonyl (C=O) groups excluding carboxylic acids is 2. The lowest BCUT2D eigenvalue weighted by atomic mass is 10.1. The first-order valence-electron chi connectivity index (χ1n) is 6.26. The minimum atomic E-state index is -1.13. The minimum Gasteiger partial charge on any atom is -0.442 e. The van der Waals surface area contributed by atoms with Crippen LogP contribution >= 0.6 is 0 Å². The van der Waals surface area contributed by atoms with E-state index in [-0.39, 0.29) is 11.5 Å². The average Bonchev–Trinajstić information content (AvgIpc) is 2.36. The standard InChI is InChI=1S/C14H20N2O4/c1-14(2,3)20-13(18)16(19)12(17)11(15)9-10-7-5-4-6-8-10/h4-8,11,19H,9,15H2,1-3H3/t11-/m0/s1. The van der Waals surface area contributed by atoms with Crippen LogP contribution in [0, 0.1) is 0 Å². The number of carbonyl (C=O) groups is 2. The van der Waals surface area contributed by atoms with E-state index < -0.39 is 23.6 Å². The highest BCUT2D eigenvalue weighted by molar-refractivity contribution is 5.93. The van der Waals surface area contributed by atoms with E-state index >= 15 is 0 Å². The van der Waals surface area contributed by atoms with Crippen molar-refractivity contribution in [3.63, 3.8) is 0 Å². The lowest BCUT2D eigenvalue weighted by Crippen LogP contribution is -2.47. The van der Waals surface area contributed by atoms with Crippen LogP contribution in [0.1, 0.15) is 26.3 Å². The maximum Gasteiger partial charge on any atom is 0.441 e. The van der Waals surface area contributed by atoms with Crippen molar-refractivity contribution < 1.29 is 19.5 Å². The highest BCUT2D eigenvalue weighted by Crippen LogP contribution is 2.10. The second-order valence-electron chi connectivity index (χ2n) is 5.43. The number of rotatable bonds is 3. The van der Waals surface area contributed by atoms with E-state index in [0.29, 0.717) is 0 Å². The number of hydrogen-bond donors (Lipinski definition) is 2. The number of benzene rings is 1. The van der Waals surface area contributed by atoms with Crippen LogP contribution in [0.5, 0.6) is 0 Å². The molecule has 0 saturated carbocycles. The van der Waals surface area contributed by atoms with Gasteiger partial charge in [-0.05, 0) is 32.8 Å². The van der Waals surface area contributed by atoms with E-state index in [1.165, 1.54) is 0 Å². The van der Waals surface area contributed by atoms with Gasteiger partial charge in [0, 0.05) is 0 Å². The predicted molar refractivity (Wildman–Crippen MR) is 73.0 cm³/mol. The van der Waals surface area contributed by atoms with Gasteiger partial charge in [-0.25, -0.2) is 4.79 Å². The lowest BCUT2D eigenvalue weighted by molar-refractivity contribution is -0.161. The topological polar surface area (TPSA) is 92.9 Å². The third-order valence-electron chi connectivity index (χ3n) is 2.39. The van der Waals surface area contributed by atoms with Crippen molar-refractivity contribution in [3.8, 4) is 0 Å². The molecule has 1 atom stereocenters. The van der Waals surface area contributed by atoms with Crippen LogP contribution in [0.2, 0.25) is 0 Å². The summed E-state index contributed by atoms with van der Waals surface area (Å²) in [6.45, 7) is 4.90. The maximum atomic E-state index is 11.8. The molecule has 1 rings (SSSR count). The van der Waals surface area contributed by atoms with Crippen molar-refractivity contribution in [1.29, 1.82) is 0 Å².